The van der Waals surface area contributed by atoms with Crippen molar-refractivity contribution in [2.24, 2.45) is 0 Å². The van der Waals surface area contributed by atoms with Gasteiger partial charge in [-0.05, 0) is 43.2 Å². The zero-order chi connectivity index (χ0) is 21.0. The summed E-state index contributed by atoms with van der Waals surface area (Å²) >= 11 is 0. The quantitative estimate of drug-likeness (QED) is 0.278. The summed E-state index contributed by atoms with van der Waals surface area (Å²) in [6.45, 7) is -0.602. The molecule has 29 heavy (non-hydrogen) atoms. The number of benzene rings is 2. The highest BCUT2D eigenvalue weighted by Gasteiger charge is 2.24. The topological polar surface area (TPSA) is 154 Å². The molecule has 4 N–H and O–H groups in total. The molecular formula is C19H18N4O6. The minimum absolute atomic E-state index is 0.0881. The van der Waals surface area contributed by atoms with Crippen molar-refractivity contribution in [1.82, 2.24) is 5.32 Å². The number of carbonyl (C=O) groups is 3. The molecule has 1 fully saturated rings. The number of carbonyl (C=O) groups excluding carboxylic acids is 3. The summed E-state index contributed by atoms with van der Waals surface area (Å²) in [6.07, 6.45) is 1.93. The van der Waals surface area contributed by atoms with E-state index in [0.29, 0.717) is 11.3 Å². The van der Waals surface area contributed by atoms with E-state index in [0.717, 1.165) is 18.9 Å². The van der Waals surface area contributed by atoms with Gasteiger partial charge in [-0.2, -0.15) is 0 Å². The van der Waals surface area contributed by atoms with Gasteiger partial charge in [0.2, 0.25) is 0 Å². The van der Waals surface area contributed by atoms with E-state index in [1.165, 1.54) is 18.2 Å². The Morgan fingerprint density at radius 2 is 1.90 bits per heavy atom. The van der Waals surface area contributed by atoms with Crippen molar-refractivity contribution in [3.63, 3.8) is 0 Å². The second-order valence-electron chi connectivity index (χ2n) is 6.48. The summed E-state index contributed by atoms with van der Waals surface area (Å²) < 4.78 is 4.88. The molecule has 10 nitrogen and oxygen atoms in total. The molecule has 2 aromatic carbocycles. The first-order valence-electron chi connectivity index (χ1n) is 8.75. The molecular weight excluding hydrogens is 380 g/mol. The normalized spacial score (nSPS) is 12.7. The van der Waals surface area contributed by atoms with Gasteiger partial charge in [0, 0.05) is 23.4 Å². The predicted molar refractivity (Wildman–Crippen MR) is 103 cm³/mol. The van der Waals surface area contributed by atoms with Gasteiger partial charge in [0.25, 0.3) is 17.5 Å². The van der Waals surface area contributed by atoms with E-state index in [1.807, 2.05) is 0 Å². The van der Waals surface area contributed by atoms with Crippen LogP contribution in [0, 0.1) is 10.1 Å². The summed E-state index contributed by atoms with van der Waals surface area (Å²) in [5.74, 6) is -1.75. The van der Waals surface area contributed by atoms with E-state index in [-0.39, 0.29) is 23.2 Å². The average molecular weight is 398 g/mol. The van der Waals surface area contributed by atoms with Crippen molar-refractivity contribution in [3.05, 3.63) is 63.7 Å². The number of nitro groups is 1. The third kappa shape index (κ3) is 5.28. The van der Waals surface area contributed by atoms with Crippen molar-refractivity contribution in [3.8, 4) is 0 Å². The number of rotatable bonds is 7. The minimum Gasteiger partial charge on any atom is -0.452 e. The van der Waals surface area contributed by atoms with E-state index >= 15 is 0 Å². The highest BCUT2D eigenvalue weighted by Crippen LogP contribution is 2.23. The van der Waals surface area contributed by atoms with Crippen molar-refractivity contribution in [2.75, 3.05) is 17.7 Å². The second kappa shape index (κ2) is 8.38. The standard InChI is InChI=1S/C19H18N4O6/c20-15-7-4-12(9-16(15)23(27)28)19(26)29-10-17(24)21-14-3-1-2-11(8-14)18(25)22-13-5-6-13/h1-4,7-9,13H,5-6,10,20H2,(H,21,24)(H,22,25). The highest BCUT2D eigenvalue weighted by molar-refractivity contribution is 5.98. The molecule has 1 aliphatic carbocycles. The van der Waals surface area contributed by atoms with E-state index in [2.05, 4.69) is 10.6 Å². The summed E-state index contributed by atoms with van der Waals surface area (Å²) in [4.78, 5) is 46.3. The maximum atomic E-state index is 12.1. The molecule has 3 rings (SSSR count). The lowest BCUT2D eigenvalue weighted by atomic mass is 10.2. The molecule has 2 aromatic rings. The van der Waals surface area contributed by atoms with Gasteiger partial charge >= 0.3 is 5.97 Å². The monoisotopic (exact) mass is 398 g/mol. The van der Waals surface area contributed by atoms with Crippen LogP contribution < -0.4 is 16.4 Å². The molecule has 0 saturated heterocycles. The number of hydrogen-bond donors (Lipinski definition) is 3. The number of nitrogens with zero attached hydrogens (tertiary/aromatic N) is 1. The van der Waals surface area contributed by atoms with Crippen molar-refractivity contribution < 1.29 is 24.0 Å². The molecule has 1 aliphatic rings. The molecule has 1 saturated carbocycles. The first-order chi connectivity index (χ1) is 13.8. The van der Waals surface area contributed by atoms with Gasteiger partial charge in [0.1, 0.15) is 5.69 Å². The Kier molecular flexibility index (Phi) is 5.72. The van der Waals surface area contributed by atoms with Crippen LogP contribution in [0.15, 0.2) is 42.5 Å². The Morgan fingerprint density at radius 3 is 2.59 bits per heavy atom. The van der Waals surface area contributed by atoms with Gasteiger partial charge in [-0.1, -0.05) is 6.07 Å². The number of esters is 1. The number of nitrogens with one attached hydrogen (secondary N) is 2. The third-order valence-electron chi connectivity index (χ3n) is 4.12. The number of nitrogens with two attached hydrogens (primary N) is 1. The van der Waals surface area contributed by atoms with Crippen molar-refractivity contribution >= 4 is 34.8 Å². The summed E-state index contributed by atoms with van der Waals surface area (Å²) in [5.41, 5.74) is 5.64. The molecule has 0 unspecified atom stereocenters. The smallest absolute Gasteiger partial charge is 0.338 e. The maximum Gasteiger partial charge on any atom is 0.338 e. The molecule has 0 radical (unpaired) electrons. The molecule has 0 spiro atoms. The zero-order valence-electron chi connectivity index (χ0n) is 15.2. The van der Waals surface area contributed by atoms with Gasteiger partial charge in [-0.25, -0.2) is 4.79 Å². The average Bonchev–Trinajstić information content (AvgIpc) is 3.50. The zero-order valence-corrected chi connectivity index (χ0v) is 15.2. The third-order valence-corrected chi connectivity index (χ3v) is 4.12. The predicted octanol–water partition coefficient (Wildman–Crippen LogP) is 1.86. The molecule has 0 aromatic heterocycles. The fourth-order valence-electron chi connectivity index (χ4n) is 2.47. The Bertz CT molecular complexity index is 986. The number of nitro benzene ring substituents is 1. The van der Waals surface area contributed by atoms with Gasteiger partial charge < -0.3 is 21.1 Å². The van der Waals surface area contributed by atoms with Gasteiger partial charge in [-0.15, -0.1) is 0 Å². The largest absolute Gasteiger partial charge is 0.452 e. The van der Waals surface area contributed by atoms with E-state index < -0.39 is 29.1 Å². The van der Waals surface area contributed by atoms with E-state index in [4.69, 9.17) is 10.5 Å². The van der Waals surface area contributed by atoms with Crippen LogP contribution in [-0.2, 0) is 9.53 Å². The van der Waals surface area contributed by atoms with Crippen LogP contribution in [0.3, 0.4) is 0 Å². The number of ether oxygens (including phenoxy) is 1. The van der Waals surface area contributed by atoms with Crippen molar-refractivity contribution in [2.45, 2.75) is 18.9 Å². The molecule has 0 aliphatic heterocycles. The second-order valence-corrected chi connectivity index (χ2v) is 6.48. The molecule has 0 atom stereocenters. The SMILES string of the molecule is Nc1ccc(C(=O)OCC(=O)Nc2cccc(C(=O)NC3CC3)c2)cc1[N+](=O)[O-]. The van der Waals surface area contributed by atoms with Gasteiger partial charge in [0.05, 0.1) is 10.5 Å². The lowest BCUT2D eigenvalue weighted by Gasteiger charge is -2.09. The Balaban J connectivity index is 1.56. The minimum atomic E-state index is -0.902. The Labute approximate surface area is 165 Å². The van der Waals surface area contributed by atoms with E-state index in [1.54, 1.807) is 18.2 Å². The van der Waals surface area contributed by atoms with E-state index in [9.17, 15) is 24.5 Å². The van der Waals surface area contributed by atoms with Gasteiger partial charge in [0.15, 0.2) is 6.61 Å². The van der Waals surface area contributed by atoms with Crippen LogP contribution in [-0.4, -0.2) is 35.4 Å². The van der Waals surface area contributed by atoms with Crippen LogP contribution >= 0.6 is 0 Å². The first kappa shape index (κ1) is 19.8. The number of nitrogen functional groups attached to an aromatic ring is 1. The highest BCUT2D eigenvalue weighted by atomic mass is 16.6. The Morgan fingerprint density at radius 1 is 1.14 bits per heavy atom. The van der Waals surface area contributed by atoms with Crippen LogP contribution in [0.2, 0.25) is 0 Å². The maximum absolute atomic E-state index is 12.1. The van der Waals surface area contributed by atoms with Crippen LogP contribution in [0.1, 0.15) is 33.6 Å². The molecule has 2 amide bonds. The first-order valence-corrected chi connectivity index (χ1v) is 8.75. The molecule has 0 bridgehead atoms. The molecule has 10 heteroatoms. The number of amides is 2. The number of hydrogen-bond acceptors (Lipinski definition) is 7. The van der Waals surface area contributed by atoms with Crippen LogP contribution in [0.4, 0.5) is 17.1 Å². The lowest BCUT2D eigenvalue weighted by Crippen LogP contribution is -2.25. The summed E-state index contributed by atoms with van der Waals surface area (Å²) in [5, 5.41) is 16.3. The number of anilines is 2. The van der Waals surface area contributed by atoms with Crippen molar-refractivity contribution in [1.29, 1.82) is 0 Å². The fraction of sp³-hybridized carbons (Fsp3) is 0.211. The molecule has 150 valence electrons. The fourth-order valence-corrected chi connectivity index (χ4v) is 2.47. The van der Waals surface area contributed by atoms with Crippen LogP contribution in [0.25, 0.3) is 0 Å². The molecule has 0 heterocycles. The summed E-state index contributed by atoms with van der Waals surface area (Å²) in [6, 6.07) is 10.0. The van der Waals surface area contributed by atoms with Crippen LogP contribution in [0.5, 0.6) is 0 Å². The lowest BCUT2D eigenvalue weighted by molar-refractivity contribution is -0.383. The Hall–Kier alpha value is -3.95. The summed E-state index contributed by atoms with van der Waals surface area (Å²) in [7, 11) is 0. The van der Waals surface area contributed by atoms with Gasteiger partial charge in [-0.3, -0.25) is 19.7 Å².